The van der Waals surface area contributed by atoms with Gasteiger partial charge in [-0.2, -0.15) is 0 Å². The summed E-state index contributed by atoms with van der Waals surface area (Å²) in [4.78, 5) is 22.5. The van der Waals surface area contributed by atoms with E-state index in [1.54, 1.807) is 6.07 Å². The molecule has 0 saturated heterocycles. The van der Waals surface area contributed by atoms with Crippen molar-refractivity contribution in [2.45, 2.75) is 34.1 Å². The molecule has 0 saturated carbocycles. The van der Waals surface area contributed by atoms with Gasteiger partial charge in [-0.25, -0.2) is 4.99 Å². The Morgan fingerprint density at radius 3 is 2.24 bits per heavy atom. The highest BCUT2D eigenvalue weighted by molar-refractivity contribution is 8.14. The quantitative estimate of drug-likeness (QED) is 0.424. The van der Waals surface area contributed by atoms with Crippen LogP contribution in [0.1, 0.15) is 34.2 Å². The van der Waals surface area contributed by atoms with E-state index >= 15 is 0 Å². The Bertz CT molecular complexity index is 1280. The summed E-state index contributed by atoms with van der Waals surface area (Å²) >= 11 is 7.63. The summed E-state index contributed by atoms with van der Waals surface area (Å²) in [5.41, 5.74) is 8.95. The normalized spacial score (nSPS) is 13.0. The molecule has 4 rings (SSSR count). The highest BCUT2D eigenvalue weighted by Crippen LogP contribution is 2.36. The number of halogens is 1. The molecular formula is C27H26ClN3OS. The van der Waals surface area contributed by atoms with E-state index in [4.69, 9.17) is 21.6 Å². The van der Waals surface area contributed by atoms with E-state index < -0.39 is 0 Å². The van der Waals surface area contributed by atoms with Gasteiger partial charge in [0.15, 0.2) is 0 Å². The van der Waals surface area contributed by atoms with Crippen molar-refractivity contribution in [2.24, 2.45) is 9.98 Å². The molecule has 0 atom stereocenters. The summed E-state index contributed by atoms with van der Waals surface area (Å²) in [5.74, 6) is 0.159. The Labute approximate surface area is 204 Å². The fourth-order valence-corrected chi connectivity index (χ4v) is 4.43. The van der Waals surface area contributed by atoms with E-state index in [1.165, 1.54) is 28.5 Å². The van der Waals surface area contributed by atoms with E-state index in [0.29, 0.717) is 17.1 Å². The minimum absolute atomic E-state index is 0.0963. The van der Waals surface area contributed by atoms with Gasteiger partial charge in [-0.3, -0.25) is 9.79 Å². The van der Waals surface area contributed by atoms with Gasteiger partial charge >= 0.3 is 0 Å². The third kappa shape index (κ3) is 5.73. The molecule has 1 aliphatic heterocycles. The third-order valence-corrected chi connectivity index (χ3v) is 7.00. The zero-order valence-electron chi connectivity index (χ0n) is 19.2. The molecular weight excluding hydrogens is 450 g/mol. The van der Waals surface area contributed by atoms with Crippen LogP contribution < -0.4 is 5.32 Å². The Balaban J connectivity index is 1.57. The molecule has 168 valence electrons. The summed E-state index contributed by atoms with van der Waals surface area (Å²) in [5, 5.41) is 4.42. The Hall–Kier alpha value is -2.89. The second-order valence-electron chi connectivity index (χ2n) is 8.33. The van der Waals surface area contributed by atoms with E-state index in [2.05, 4.69) is 62.5 Å². The molecule has 3 aromatic carbocycles. The van der Waals surface area contributed by atoms with Gasteiger partial charge < -0.3 is 5.32 Å². The molecule has 4 nitrogen and oxygen atoms in total. The molecule has 1 amide bonds. The number of carbonyl (C=O) groups excluding carboxylic acids is 1. The first kappa shape index (κ1) is 23.3. The van der Waals surface area contributed by atoms with Gasteiger partial charge in [0, 0.05) is 17.1 Å². The minimum atomic E-state index is -0.0963. The number of thioether (sulfide) groups is 1. The molecule has 0 bridgehead atoms. The highest BCUT2D eigenvalue weighted by Gasteiger charge is 2.18. The van der Waals surface area contributed by atoms with Crippen LogP contribution in [0.5, 0.6) is 0 Å². The second kappa shape index (κ2) is 9.94. The molecule has 0 fully saturated rings. The molecule has 0 radical (unpaired) electrons. The SMILES string of the molecule is Cc1ccc(C2=Nc3cc(C)c(C)cc3N=C(SCC(=O)Nc3ccc(C)c(Cl)c3)C2)cc1. The molecule has 0 aromatic heterocycles. The lowest BCUT2D eigenvalue weighted by Gasteiger charge is -2.09. The summed E-state index contributed by atoms with van der Waals surface area (Å²) in [6.07, 6.45) is 0.574. The number of amides is 1. The average molecular weight is 476 g/mol. The number of hydrogen-bond acceptors (Lipinski definition) is 4. The fraction of sp³-hybridized carbons (Fsp3) is 0.222. The zero-order chi connectivity index (χ0) is 23.5. The van der Waals surface area contributed by atoms with Crippen molar-refractivity contribution >= 4 is 57.1 Å². The minimum Gasteiger partial charge on any atom is -0.325 e. The summed E-state index contributed by atoms with van der Waals surface area (Å²) in [7, 11) is 0. The smallest absolute Gasteiger partial charge is 0.234 e. The van der Waals surface area contributed by atoms with Gasteiger partial charge in [-0.05, 0) is 74.2 Å². The Morgan fingerprint density at radius 2 is 1.58 bits per heavy atom. The van der Waals surface area contributed by atoms with Crippen LogP contribution in [0.2, 0.25) is 5.02 Å². The van der Waals surface area contributed by atoms with Crippen molar-refractivity contribution in [2.75, 3.05) is 11.1 Å². The number of hydrogen-bond donors (Lipinski definition) is 1. The predicted octanol–water partition coefficient (Wildman–Crippen LogP) is 7.50. The van der Waals surface area contributed by atoms with Gasteiger partial charge in [0.2, 0.25) is 5.91 Å². The lowest BCUT2D eigenvalue weighted by atomic mass is 10.1. The second-order valence-corrected chi connectivity index (χ2v) is 9.79. The van der Waals surface area contributed by atoms with Gasteiger partial charge in [0.05, 0.1) is 27.9 Å². The Kier molecular flexibility index (Phi) is 7.01. The first-order chi connectivity index (χ1) is 15.8. The van der Waals surface area contributed by atoms with Crippen LogP contribution in [0, 0.1) is 27.7 Å². The maximum Gasteiger partial charge on any atom is 0.234 e. The van der Waals surface area contributed by atoms with Crippen LogP contribution in [0.15, 0.2) is 64.6 Å². The standard InChI is InChI=1S/C27H26ClN3OS/c1-16-5-8-20(9-6-16)23-14-27(31-25-12-19(4)18(3)11-24(25)30-23)33-15-26(32)29-21-10-7-17(2)22(28)13-21/h5-13H,14-15H2,1-4H3,(H,29,32). The summed E-state index contributed by atoms with van der Waals surface area (Å²) in [6.45, 7) is 8.17. The van der Waals surface area contributed by atoms with Crippen LogP contribution in [0.25, 0.3) is 0 Å². The number of anilines is 1. The lowest BCUT2D eigenvalue weighted by molar-refractivity contribution is -0.113. The van der Waals surface area contributed by atoms with Gasteiger partial charge in [-0.15, -0.1) is 11.8 Å². The first-order valence-corrected chi connectivity index (χ1v) is 12.2. The van der Waals surface area contributed by atoms with E-state index in [0.717, 1.165) is 33.3 Å². The fourth-order valence-electron chi connectivity index (χ4n) is 3.48. The maximum atomic E-state index is 12.6. The van der Waals surface area contributed by atoms with Gasteiger partial charge in [-0.1, -0.05) is 47.5 Å². The number of aryl methyl sites for hydroxylation is 4. The zero-order valence-corrected chi connectivity index (χ0v) is 20.8. The Morgan fingerprint density at radius 1 is 0.909 bits per heavy atom. The van der Waals surface area contributed by atoms with E-state index in [1.807, 2.05) is 19.1 Å². The number of rotatable bonds is 4. The van der Waals surface area contributed by atoms with Crippen LogP contribution >= 0.6 is 23.4 Å². The van der Waals surface area contributed by atoms with Crippen molar-refractivity contribution in [1.82, 2.24) is 0 Å². The number of fused-ring (bicyclic) bond motifs is 1. The number of benzene rings is 3. The van der Waals surface area contributed by atoms with Crippen molar-refractivity contribution in [3.05, 3.63) is 87.4 Å². The van der Waals surface area contributed by atoms with Crippen molar-refractivity contribution in [3.8, 4) is 0 Å². The lowest BCUT2D eigenvalue weighted by Crippen LogP contribution is -2.16. The molecule has 0 spiro atoms. The number of nitrogens with one attached hydrogen (secondary N) is 1. The van der Waals surface area contributed by atoms with Gasteiger partial charge in [0.1, 0.15) is 0 Å². The monoisotopic (exact) mass is 475 g/mol. The molecule has 33 heavy (non-hydrogen) atoms. The molecule has 1 N–H and O–H groups in total. The van der Waals surface area contributed by atoms with E-state index in [9.17, 15) is 4.79 Å². The summed E-state index contributed by atoms with van der Waals surface area (Å²) in [6, 6.07) is 18.1. The number of nitrogens with zero attached hydrogens (tertiary/aromatic N) is 2. The van der Waals surface area contributed by atoms with Crippen molar-refractivity contribution in [3.63, 3.8) is 0 Å². The topological polar surface area (TPSA) is 53.8 Å². The predicted molar refractivity (Wildman–Crippen MR) is 142 cm³/mol. The number of aliphatic imine (C=N–C) groups is 2. The summed E-state index contributed by atoms with van der Waals surface area (Å²) < 4.78 is 0. The third-order valence-electron chi connectivity index (χ3n) is 5.62. The molecule has 1 heterocycles. The molecule has 0 aliphatic carbocycles. The largest absolute Gasteiger partial charge is 0.325 e. The van der Waals surface area contributed by atoms with Crippen molar-refractivity contribution < 1.29 is 4.79 Å². The maximum absolute atomic E-state index is 12.6. The van der Waals surface area contributed by atoms with Crippen LogP contribution in [-0.4, -0.2) is 22.4 Å². The average Bonchev–Trinajstić information content (AvgIpc) is 2.95. The molecule has 1 aliphatic rings. The van der Waals surface area contributed by atoms with E-state index in [-0.39, 0.29) is 11.7 Å². The van der Waals surface area contributed by atoms with Crippen LogP contribution in [0.4, 0.5) is 17.1 Å². The number of carbonyl (C=O) groups is 1. The first-order valence-electron chi connectivity index (χ1n) is 10.8. The molecule has 0 unspecified atom stereocenters. The molecule has 6 heteroatoms. The van der Waals surface area contributed by atoms with Crippen molar-refractivity contribution in [1.29, 1.82) is 0 Å². The molecule has 3 aromatic rings. The van der Waals surface area contributed by atoms with Crippen LogP contribution in [0.3, 0.4) is 0 Å². The van der Waals surface area contributed by atoms with Gasteiger partial charge in [0.25, 0.3) is 0 Å². The van der Waals surface area contributed by atoms with Crippen LogP contribution in [-0.2, 0) is 4.79 Å². The highest BCUT2D eigenvalue weighted by atomic mass is 35.5.